The molecule has 118 valence electrons. The Morgan fingerprint density at radius 2 is 1.90 bits per heavy atom. The maximum Gasteiger partial charge on any atom is 0.0590 e. The minimum atomic E-state index is 0.520. The van der Waals surface area contributed by atoms with Gasteiger partial charge in [0.2, 0.25) is 0 Å². The van der Waals surface area contributed by atoms with E-state index in [2.05, 4.69) is 24.1 Å². The Kier molecular flexibility index (Phi) is 7.32. The summed E-state index contributed by atoms with van der Waals surface area (Å²) in [6.07, 6.45) is 9.52. The van der Waals surface area contributed by atoms with Gasteiger partial charge in [-0.05, 0) is 64.1 Å². The van der Waals surface area contributed by atoms with Crippen LogP contribution in [0.25, 0.3) is 0 Å². The van der Waals surface area contributed by atoms with Gasteiger partial charge in [0.1, 0.15) is 0 Å². The summed E-state index contributed by atoms with van der Waals surface area (Å²) in [4.78, 5) is 2.79. The first-order chi connectivity index (χ1) is 9.83. The van der Waals surface area contributed by atoms with Gasteiger partial charge in [-0.1, -0.05) is 20.3 Å². The van der Waals surface area contributed by atoms with Crippen molar-refractivity contribution in [2.24, 2.45) is 5.92 Å². The van der Waals surface area contributed by atoms with Gasteiger partial charge in [-0.15, -0.1) is 0 Å². The molecule has 0 saturated carbocycles. The smallest absolute Gasteiger partial charge is 0.0590 e. The molecule has 2 heterocycles. The molecular formula is C17H34N2O. The van der Waals surface area contributed by atoms with Crippen molar-refractivity contribution in [3.63, 3.8) is 0 Å². The van der Waals surface area contributed by atoms with E-state index in [0.29, 0.717) is 6.10 Å². The van der Waals surface area contributed by atoms with Crippen LogP contribution in [0.4, 0.5) is 0 Å². The number of hydrogen-bond donors (Lipinski definition) is 1. The van der Waals surface area contributed by atoms with Crippen LogP contribution < -0.4 is 5.32 Å². The average molecular weight is 282 g/mol. The fourth-order valence-corrected chi connectivity index (χ4v) is 3.82. The molecule has 2 rings (SSSR count). The van der Waals surface area contributed by atoms with Gasteiger partial charge in [0, 0.05) is 19.2 Å². The van der Waals surface area contributed by atoms with Crippen molar-refractivity contribution in [2.45, 2.75) is 70.9 Å². The van der Waals surface area contributed by atoms with Crippen LogP contribution in [0.15, 0.2) is 0 Å². The van der Waals surface area contributed by atoms with Gasteiger partial charge in [0.05, 0.1) is 6.10 Å². The minimum Gasteiger partial charge on any atom is -0.378 e. The number of piperidine rings is 1. The van der Waals surface area contributed by atoms with Gasteiger partial charge < -0.3 is 10.1 Å². The van der Waals surface area contributed by atoms with Gasteiger partial charge in [-0.3, -0.25) is 4.90 Å². The molecule has 0 bridgehead atoms. The third-order valence-electron chi connectivity index (χ3n) is 4.93. The van der Waals surface area contributed by atoms with E-state index < -0.39 is 0 Å². The second kappa shape index (κ2) is 9.01. The number of hydrogen-bond acceptors (Lipinski definition) is 3. The van der Waals surface area contributed by atoms with Crippen LogP contribution in [0.3, 0.4) is 0 Å². The number of rotatable bonds is 7. The van der Waals surface area contributed by atoms with E-state index in [1.54, 1.807) is 0 Å². The summed E-state index contributed by atoms with van der Waals surface area (Å²) in [5.41, 5.74) is 0. The van der Waals surface area contributed by atoms with Crippen molar-refractivity contribution in [1.82, 2.24) is 10.2 Å². The first-order valence-corrected chi connectivity index (χ1v) is 8.89. The third kappa shape index (κ3) is 5.01. The summed E-state index contributed by atoms with van der Waals surface area (Å²) in [7, 11) is 0. The topological polar surface area (TPSA) is 24.5 Å². The van der Waals surface area contributed by atoms with Crippen molar-refractivity contribution in [1.29, 1.82) is 0 Å². The van der Waals surface area contributed by atoms with Gasteiger partial charge >= 0.3 is 0 Å². The van der Waals surface area contributed by atoms with Crippen LogP contribution in [-0.2, 0) is 4.74 Å². The lowest BCUT2D eigenvalue weighted by molar-refractivity contribution is -0.0343. The van der Waals surface area contributed by atoms with Crippen molar-refractivity contribution in [3.05, 3.63) is 0 Å². The van der Waals surface area contributed by atoms with Crippen LogP contribution in [0.2, 0.25) is 0 Å². The van der Waals surface area contributed by atoms with Crippen molar-refractivity contribution >= 4 is 0 Å². The van der Waals surface area contributed by atoms with Crippen LogP contribution in [0, 0.1) is 5.92 Å². The lowest BCUT2D eigenvalue weighted by atomic mass is 9.94. The molecule has 2 aliphatic rings. The molecule has 2 atom stereocenters. The molecule has 3 nitrogen and oxygen atoms in total. The van der Waals surface area contributed by atoms with Crippen LogP contribution in [-0.4, -0.2) is 49.8 Å². The van der Waals surface area contributed by atoms with E-state index in [9.17, 15) is 0 Å². The van der Waals surface area contributed by atoms with E-state index in [-0.39, 0.29) is 0 Å². The Balaban J connectivity index is 1.85. The molecule has 2 fully saturated rings. The zero-order valence-corrected chi connectivity index (χ0v) is 13.6. The minimum absolute atomic E-state index is 0.520. The molecule has 0 radical (unpaired) electrons. The van der Waals surface area contributed by atoms with Crippen molar-refractivity contribution in [2.75, 3.05) is 32.8 Å². The van der Waals surface area contributed by atoms with E-state index in [1.165, 1.54) is 71.1 Å². The molecule has 2 saturated heterocycles. The number of ether oxygens (including phenoxy) is 1. The summed E-state index contributed by atoms with van der Waals surface area (Å²) >= 11 is 0. The van der Waals surface area contributed by atoms with Gasteiger partial charge in [0.25, 0.3) is 0 Å². The quantitative estimate of drug-likeness (QED) is 0.777. The van der Waals surface area contributed by atoms with Crippen LogP contribution in [0.1, 0.15) is 58.8 Å². The predicted octanol–water partition coefficient (Wildman–Crippen LogP) is 3.05. The highest BCUT2D eigenvalue weighted by atomic mass is 16.5. The average Bonchev–Trinajstić information content (AvgIpc) is 2.49. The van der Waals surface area contributed by atoms with E-state index in [0.717, 1.165) is 18.6 Å². The SMILES string of the molecule is CCCC1CC(N(CCC)CC2CCNCC2)CCO1. The summed E-state index contributed by atoms with van der Waals surface area (Å²) in [6, 6.07) is 0.773. The molecule has 0 aromatic heterocycles. The molecule has 0 aliphatic carbocycles. The standard InChI is InChI=1S/C17H34N2O/c1-3-5-17-13-16(8-12-20-17)19(11-4-2)14-15-6-9-18-10-7-15/h15-18H,3-14H2,1-2H3. The van der Waals surface area contributed by atoms with Gasteiger partial charge in [-0.2, -0.15) is 0 Å². The summed E-state index contributed by atoms with van der Waals surface area (Å²) in [5, 5.41) is 3.48. The summed E-state index contributed by atoms with van der Waals surface area (Å²) < 4.78 is 5.93. The van der Waals surface area contributed by atoms with Crippen LogP contribution >= 0.6 is 0 Å². The molecule has 20 heavy (non-hydrogen) atoms. The molecule has 2 aliphatic heterocycles. The van der Waals surface area contributed by atoms with Crippen molar-refractivity contribution in [3.8, 4) is 0 Å². The monoisotopic (exact) mass is 282 g/mol. The first kappa shape index (κ1) is 16.3. The fourth-order valence-electron chi connectivity index (χ4n) is 3.82. The Hall–Kier alpha value is -0.120. The van der Waals surface area contributed by atoms with E-state index in [4.69, 9.17) is 4.74 Å². The Morgan fingerprint density at radius 3 is 2.60 bits per heavy atom. The number of nitrogens with one attached hydrogen (secondary N) is 1. The molecule has 0 amide bonds. The molecular weight excluding hydrogens is 248 g/mol. The Bertz CT molecular complexity index is 251. The molecule has 2 unspecified atom stereocenters. The maximum absolute atomic E-state index is 5.93. The zero-order valence-electron chi connectivity index (χ0n) is 13.6. The highest BCUT2D eigenvalue weighted by molar-refractivity contribution is 4.82. The normalized spacial score (nSPS) is 28.9. The maximum atomic E-state index is 5.93. The summed E-state index contributed by atoms with van der Waals surface area (Å²) in [5.74, 6) is 0.912. The largest absolute Gasteiger partial charge is 0.378 e. The van der Waals surface area contributed by atoms with E-state index in [1.807, 2.05) is 0 Å². The molecule has 0 spiro atoms. The summed E-state index contributed by atoms with van der Waals surface area (Å²) in [6.45, 7) is 10.6. The zero-order chi connectivity index (χ0) is 14.2. The van der Waals surface area contributed by atoms with Crippen molar-refractivity contribution < 1.29 is 4.74 Å². The molecule has 3 heteroatoms. The Morgan fingerprint density at radius 1 is 1.10 bits per heavy atom. The van der Waals surface area contributed by atoms with Gasteiger partial charge in [0.15, 0.2) is 0 Å². The first-order valence-electron chi connectivity index (χ1n) is 8.89. The highest BCUT2D eigenvalue weighted by Gasteiger charge is 2.28. The number of nitrogens with zero attached hydrogens (tertiary/aromatic N) is 1. The second-order valence-corrected chi connectivity index (χ2v) is 6.65. The van der Waals surface area contributed by atoms with E-state index >= 15 is 0 Å². The molecule has 0 aromatic carbocycles. The van der Waals surface area contributed by atoms with Crippen LogP contribution in [0.5, 0.6) is 0 Å². The lowest BCUT2D eigenvalue weighted by Crippen LogP contribution is -2.46. The third-order valence-corrected chi connectivity index (χ3v) is 4.93. The molecule has 1 N–H and O–H groups in total. The fraction of sp³-hybridized carbons (Fsp3) is 1.00. The lowest BCUT2D eigenvalue weighted by Gasteiger charge is -2.40. The molecule has 0 aromatic rings. The Labute approximate surface area is 125 Å². The predicted molar refractivity (Wildman–Crippen MR) is 85.1 cm³/mol. The highest BCUT2D eigenvalue weighted by Crippen LogP contribution is 2.24. The second-order valence-electron chi connectivity index (χ2n) is 6.65. The van der Waals surface area contributed by atoms with Gasteiger partial charge in [-0.25, -0.2) is 0 Å².